The summed E-state index contributed by atoms with van der Waals surface area (Å²) in [4.78, 5) is 0.298. The van der Waals surface area contributed by atoms with Gasteiger partial charge in [-0.15, -0.1) is 0 Å². The molecule has 28 heavy (non-hydrogen) atoms. The number of benzene rings is 3. The second-order valence-corrected chi connectivity index (χ2v) is 8.71. The molecule has 3 aromatic rings. The predicted octanol–water partition coefficient (Wildman–Crippen LogP) is 4.32. The third kappa shape index (κ3) is 3.37. The van der Waals surface area contributed by atoms with Crippen molar-refractivity contribution in [3.63, 3.8) is 0 Å². The zero-order valence-corrected chi connectivity index (χ0v) is 16.6. The summed E-state index contributed by atoms with van der Waals surface area (Å²) in [5.74, 6) is 0.740. The van der Waals surface area contributed by atoms with Gasteiger partial charge < -0.3 is 10.1 Å². The largest absolute Gasteiger partial charge is 0.497 e. The Morgan fingerprint density at radius 1 is 0.964 bits per heavy atom. The molecular weight excluding hydrogens is 372 g/mol. The van der Waals surface area contributed by atoms with Crippen LogP contribution in [0.3, 0.4) is 0 Å². The maximum Gasteiger partial charge on any atom is 0.247 e. The summed E-state index contributed by atoms with van der Waals surface area (Å²) in [6.07, 6.45) is -0.484. The van der Waals surface area contributed by atoms with Gasteiger partial charge in [0.2, 0.25) is 10.0 Å². The highest BCUT2D eigenvalue weighted by Crippen LogP contribution is 2.39. The van der Waals surface area contributed by atoms with Crippen molar-refractivity contribution in [3.8, 4) is 5.75 Å². The van der Waals surface area contributed by atoms with E-state index in [0.717, 1.165) is 22.4 Å². The fourth-order valence-electron chi connectivity index (χ4n) is 3.38. The number of hydrogen-bond acceptors (Lipinski definition) is 4. The molecule has 0 bridgehead atoms. The van der Waals surface area contributed by atoms with Gasteiger partial charge in [0.1, 0.15) is 16.8 Å². The number of methoxy groups -OCH3 is 1. The van der Waals surface area contributed by atoms with Crippen molar-refractivity contribution in [3.05, 3.63) is 89.5 Å². The lowest BCUT2D eigenvalue weighted by atomic mass is 10.1. The van der Waals surface area contributed by atoms with Crippen LogP contribution in [0.5, 0.6) is 5.75 Å². The molecule has 0 saturated heterocycles. The molecule has 5 nitrogen and oxygen atoms in total. The van der Waals surface area contributed by atoms with E-state index in [1.165, 1.54) is 4.31 Å². The van der Waals surface area contributed by atoms with E-state index >= 15 is 0 Å². The van der Waals surface area contributed by atoms with Gasteiger partial charge in [0.05, 0.1) is 12.8 Å². The molecule has 0 unspecified atom stereocenters. The molecule has 0 fully saturated rings. The fraction of sp³-hybridized carbons (Fsp3) is 0.182. The number of nitrogens with one attached hydrogen (secondary N) is 1. The summed E-state index contributed by atoms with van der Waals surface area (Å²) in [6.45, 7) is 2.27. The summed E-state index contributed by atoms with van der Waals surface area (Å²) in [7, 11) is -2.06. The van der Waals surface area contributed by atoms with Crippen LogP contribution >= 0.6 is 0 Å². The second-order valence-electron chi connectivity index (χ2n) is 6.85. The van der Waals surface area contributed by atoms with Crippen molar-refractivity contribution in [1.82, 2.24) is 4.31 Å². The number of fused-ring (bicyclic) bond motifs is 1. The van der Waals surface area contributed by atoms with Gasteiger partial charge >= 0.3 is 0 Å². The van der Waals surface area contributed by atoms with Crippen molar-refractivity contribution in [2.75, 3.05) is 12.4 Å². The first-order valence-electron chi connectivity index (χ1n) is 9.06. The lowest BCUT2D eigenvalue weighted by molar-refractivity contribution is 0.336. The van der Waals surface area contributed by atoms with Gasteiger partial charge in [-0.3, -0.25) is 0 Å². The van der Waals surface area contributed by atoms with Gasteiger partial charge in [0.25, 0.3) is 0 Å². The van der Waals surface area contributed by atoms with E-state index in [4.69, 9.17) is 4.74 Å². The number of ether oxygens (including phenoxy) is 1. The normalized spacial score (nSPS) is 18.1. The van der Waals surface area contributed by atoms with Gasteiger partial charge in [-0.2, -0.15) is 4.31 Å². The van der Waals surface area contributed by atoms with Crippen LogP contribution in [0.25, 0.3) is 0 Å². The molecule has 1 heterocycles. The van der Waals surface area contributed by atoms with Crippen LogP contribution in [0, 0.1) is 6.92 Å². The number of rotatable bonds is 4. The highest BCUT2D eigenvalue weighted by Gasteiger charge is 2.38. The molecular formula is C22H22N2O3S. The van der Waals surface area contributed by atoms with E-state index < -0.39 is 16.2 Å². The first-order valence-corrected chi connectivity index (χ1v) is 10.5. The Bertz CT molecular complexity index is 1080. The maximum absolute atomic E-state index is 13.4. The Kier molecular flexibility index (Phi) is 4.83. The number of nitrogens with zero attached hydrogens (tertiary/aromatic N) is 1. The highest BCUT2D eigenvalue weighted by molar-refractivity contribution is 7.89. The van der Waals surface area contributed by atoms with Crippen molar-refractivity contribution >= 4 is 15.7 Å². The summed E-state index contributed by atoms with van der Waals surface area (Å²) < 4.78 is 33.6. The van der Waals surface area contributed by atoms with Crippen molar-refractivity contribution in [2.45, 2.75) is 24.5 Å². The first kappa shape index (κ1) is 18.5. The number of aryl methyl sites for hydroxylation is 1. The monoisotopic (exact) mass is 394 g/mol. The topological polar surface area (TPSA) is 58.6 Å². The summed E-state index contributed by atoms with van der Waals surface area (Å²) in [5.41, 5.74) is 3.54. The van der Waals surface area contributed by atoms with Crippen LogP contribution in [0.2, 0.25) is 0 Å². The molecule has 1 aliphatic heterocycles. The molecule has 1 N–H and O–H groups in total. The Morgan fingerprint density at radius 3 is 2.32 bits per heavy atom. The standard InChI is InChI=1S/C22H22N2O3S/c1-16-7-11-18(12-8-16)22-23-20-5-3-4-6-21(20)28(25,26)24(22)15-17-9-13-19(27-2)14-10-17/h3-14,22-23H,15H2,1-2H3/t22-/m1/s1. The Labute approximate surface area is 165 Å². The average Bonchev–Trinajstić information content (AvgIpc) is 2.71. The SMILES string of the molecule is COc1ccc(CN2[C@H](c3ccc(C)cc3)Nc3ccccc3S2(=O)=O)cc1. The molecule has 1 atom stereocenters. The van der Waals surface area contributed by atoms with Gasteiger partial charge in [-0.05, 0) is 42.3 Å². The lowest BCUT2D eigenvalue weighted by Gasteiger charge is -2.37. The van der Waals surface area contributed by atoms with E-state index in [1.807, 2.05) is 61.5 Å². The van der Waals surface area contributed by atoms with E-state index in [9.17, 15) is 8.42 Å². The Balaban J connectivity index is 1.78. The molecule has 0 saturated carbocycles. The molecule has 0 amide bonds. The molecule has 0 radical (unpaired) electrons. The average molecular weight is 394 g/mol. The van der Waals surface area contributed by atoms with Crippen LogP contribution in [-0.2, 0) is 16.6 Å². The molecule has 3 aromatic carbocycles. The van der Waals surface area contributed by atoms with E-state index in [2.05, 4.69) is 5.32 Å². The first-order chi connectivity index (χ1) is 13.5. The van der Waals surface area contributed by atoms with Gasteiger partial charge in [-0.1, -0.05) is 54.1 Å². The van der Waals surface area contributed by atoms with Gasteiger partial charge in [0.15, 0.2) is 0 Å². The molecule has 4 rings (SSSR count). The minimum Gasteiger partial charge on any atom is -0.497 e. The third-order valence-corrected chi connectivity index (χ3v) is 6.81. The van der Waals surface area contributed by atoms with E-state index in [1.54, 1.807) is 25.3 Å². The van der Waals surface area contributed by atoms with Crippen molar-refractivity contribution < 1.29 is 13.2 Å². The zero-order valence-electron chi connectivity index (χ0n) is 15.8. The minimum absolute atomic E-state index is 0.256. The quantitative estimate of drug-likeness (QED) is 0.716. The number of para-hydroxylation sites is 1. The number of hydrogen-bond donors (Lipinski definition) is 1. The maximum atomic E-state index is 13.4. The van der Waals surface area contributed by atoms with Crippen LogP contribution in [0.4, 0.5) is 5.69 Å². The number of anilines is 1. The van der Waals surface area contributed by atoms with Gasteiger partial charge in [-0.25, -0.2) is 8.42 Å². The molecule has 0 aliphatic carbocycles. The molecule has 144 valence electrons. The molecule has 1 aliphatic rings. The number of sulfonamides is 1. The van der Waals surface area contributed by atoms with E-state index in [-0.39, 0.29) is 6.54 Å². The minimum atomic E-state index is -3.66. The molecule has 6 heteroatoms. The smallest absolute Gasteiger partial charge is 0.247 e. The summed E-state index contributed by atoms with van der Waals surface area (Å²) in [5, 5.41) is 3.40. The summed E-state index contributed by atoms with van der Waals surface area (Å²) >= 11 is 0. The van der Waals surface area contributed by atoms with Crippen molar-refractivity contribution in [2.24, 2.45) is 0 Å². The van der Waals surface area contributed by atoms with Crippen LogP contribution in [-0.4, -0.2) is 19.8 Å². The molecule has 0 aromatic heterocycles. The van der Waals surface area contributed by atoms with Crippen LogP contribution < -0.4 is 10.1 Å². The van der Waals surface area contributed by atoms with E-state index in [0.29, 0.717) is 10.6 Å². The molecule has 0 spiro atoms. The Morgan fingerprint density at radius 2 is 1.64 bits per heavy atom. The third-order valence-electron chi connectivity index (χ3n) is 4.94. The van der Waals surface area contributed by atoms with Gasteiger partial charge in [0, 0.05) is 6.54 Å². The zero-order chi connectivity index (χ0) is 19.7. The Hall–Kier alpha value is -2.83. The predicted molar refractivity (Wildman–Crippen MR) is 110 cm³/mol. The second kappa shape index (κ2) is 7.30. The van der Waals surface area contributed by atoms with Crippen LogP contribution in [0.15, 0.2) is 77.7 Å². The van der Waals surface area contributed by atoms with Crippen molar-refractivity contribution in [1.29, 1.82) is 0 Å². The fourth-order valence-corrected chi connectivity index (χ4v) is 5.06. The van der Waals surface area contributed by atoms with Crippen LogP contribution in [0.1, 0.15) is 22.9 Å². The summed E-state index contributed by atoms with van der Waals surface area (Å²) in [6, 6.07) is 22.4. The lowest BCUT2D eigenvalue weighted by Crippen LogP contribution is -2.42. The highest BCUT2D eigenvalue weighted by atomic mass is 32.2.